The Bertz CT molecular complexity index is 970. The SMILES string of the molecule is Cc1c(Cl)cccc1S(=O)(=O)NCc1cccc(C(=O)NCC2CCCCC2)c1. The van der Waals surface area contributed by atoms with Crippen LogP contribution in [0.4, 0.5) is 0 Å². The molecule has 0 bridgehead atoms. The molecular weight excluding hydrogens is 408 g/mol. The molecule has 1 saturated carbocycles. The summed E-state index contributed by atoms with van der Waals surface area (Å²) in [6.07, 6.45) is 6.11. The van der Waals surface area contributed by atoms with Crippen LogP contribution in [0.25, 0.3) is 0 Å². The van der Waals surface area contributed by atoms with E-state index in [1.54, 1.807) is 43.3 Å². The van der Waals surface area contributed by atoms with E-state index in [4.69, 9.17) is 11.6 Å². The van der Waals surface area contributed by atoms with Gasteiger partial charge in [-0.15, -0.1) is 0 Å². The van der Waals surface area contributed by atoms with Crippen LogP contribution in [0.5, 0.6) is 0 Å². The number of hydrogen-bond donors (Lipinski definition) is 2. The van der Waals surface area contributed by atoms with Crippen molar-refractivity contribution in [3.63, 3.8) is 0 Å². The van der Waals surface area contributed by atoms with Crippen LogP contribution >= 0.6 is 11.6 Å². The van der Waals surface area contributed by atoms with E-state index in [0.29, 0.717) is 28.6 Å². The molecule has 7 heteroatoms. The van der Waals surface area contributed by atoms with Crippen molar-refractivity contribution in [1.29, 1.82) is 0 Å². The van der Waals surface area contributed by atoms with Crippen molar-refractivity contribution >= 4 is 27.5 Å². The maximum absolute atomic E-state index is 12.6. The van der Waals surface area contributed by atoms with Gasteiger partial charge in [-0.3, -0.25) is 4.79 Å². The maximum Gasteiger partial charge on any atom is 0.251 e. The average molecular weight is 435 g/mol. The number of rotatable bonds is 7. The third-order valence-corrected chi connectivity index (χ3v) is 7.39. The average Bonchev–Trinajstić information content (AvgIpc) is 2.73. The second-order valence-electron chi connectivity index (χ2n) is 7.60. The van der Waals surface area contributed by atoms with E-state index < -0.39 is 10.0 Å². The largest absolute Gasteiger partial charge is 0.352 e. The molecule has 0 atom stereocenters. The van der Waals surface area contributed by atoms with Crippen LogP contribution in [0.1, 0.15) is 53.6 Å². The molecule has 0 saturated heterocycles. The molecule has 0 radical (unpaired) electrons. The third kappa shape index (κ3) is 5.81. The molecule has 0 spiro atoms. The standard InChI is InChI=1S/C22H27ClN2O3S/c1-16-20(23)11-6-12-21(16)29(27,28)25-15-18-9-5-10-19(13-18)22(26)24-14-17-7-3-2-4-8-17/h5-6,9-13,17,25H,2-4,7-8,14-15H2,1H3,(H,24,26). The van der Waals surface area contributed by atoms with Crippen LogP contribution in [0.3, 0.4) is 0 Å². The van der Waals surface area contributed by atoms with E-state index in [0.717, 1.165) is 5.56 Å². The zero-order chi connectivity index (χ0) is 20.9. The van der Waals surface area contributed by atoms with Crippen LogP contribution in [0, 0.1) is 12.8 Å². The molecule has 156 valence electrons. The molecule has 0 unspecified atom stereocenters. The van der Waals surface area contributed by atoms with Crippen molar-refractivity contribution in [3.05, 3.63) is 64.2 Å². The normalized spacial score (nSPS) is 15.2. The Morgan fingerprint density at radius 3 is 2.59 bits per heavy atom. The van der Waals surface area contributed by atoms with Gasteiger partial charge in [-0.05, 0) is 61.1 Å². The Morgan fingerprint density at radius 2 is 1.83 bits per heavy atom. The Morgan fingerprint density at radius 1 is 1.10 bits per heavy atom. The lowest BCUT2D eigenvalue weighted by Crippen LogP contribution is -2.30. The first-order valence-electron chi connectivity index (χ1n) is 9.99. The summed E-state index contributed by atoms with van der Waals surface area (Å²) >= 11 is 6.04. The van der Waals surface area contributed by atoms with Crippen molar-refractivity contribution in [3.8, 4) is 0 Å². The van der Waals surface area contributed by atoms with Crippen molar-refractivity contribution in [1.82, 2.24) is 10.0 Å². The van der Waals surface area contributed by atoms with E-state index in [2.05, 4.69) is 10.0 Å². The molecule has 0 aliphatic heterocycles. The second kappa shape index (κ2) is 9.74. The number of amides is 1. The van der Waals surface area contributed by atoms with Crippen molar-refractivity contribution < 1.29 is 13.2 Å². The lowest BCUT2D eigenvalue weighted by molar-refractivity contribution is 0.0943. The summed E-state index contributed by atoms with van der Waals surface area (Å²) in [5, 5.41) is 3.42. The van der Waals surface area contributed by atoms with Gasteiger partial charge in [0.25, 0.3) is 5.91 Å². The van der Waals surface area contributed by atoms with Gasteiger partial charge in [0.2, 0.25) is 10.0 Å². The Hall–Kier alpha value is -1.89. The van der Waals surface area contributed by atoms with E-state index in [9.17, 15) is 13.2 Å². The molecule has 2 N–H and O–H groups in total. The minimum Gasteiger partial charge on any atom is -0.352 e. The number of carbonyl (C=O) groups is 1. The fourth-order valence-electron chi connectivity index (χ4n) is 3.69. The summed E-state index contributed by atoms with van der Waals surface area (Å²) in [6.45, 7) is 2.47. The molecule has 5 nitrogen and oxygen atoms in total. The van der Waals surface area contributed by atoms with E-state index in [1.807, 2.05) is 0 Å². The van der Waals surface area contributed by atoms with Crippen LogP contribution < -0.4 is 10.0 Å². The Kier molecular flexibility index (Phi) is 7.33. The zero-order valence-electron chi connectivity index (χ0n) is 16.6. The topological polar surface area (TPSA) is 75.3 Å². The molecule has 2 aromatic rings. The molecule has 29 heavy (non-hydrogen) atoms. The second-order valence-corrected chi connectivity index (χ2v) is 9.74. The van der Waals surface area contributed by atoms with Crippen molar-refractivity contribution in [2.75, 3.05) is 6.54 Å². The van der Waals surface area contributed by atoms with Gasteiger partial charge in [0.1, 0.15) is 0 Å². The molecule has 1 amide bonds. The summed E-state index contributed by atoms with van der Waals surface area (Å²) in [6, 6.07) is 11.8. The highest BCUT2D eigenvalue weighted by Gasteiger charge is 2.18. The summed E-state index contributed by atoms with van der Waals surface area (Å²) in [5.74, 6) is 0.439. The minimum atomic E-state index is -3.70. The lowest BCUT2D eigenvalue weighted by atomic mass is 9.89. The van der Waals surface area contributed by atoms with Gasteiger partial charge in [-0.1, -0.05) is 49.1 Å². The number of sulfonamides is 1. The first kappa shape index (κ1) is 21.8. The van der Waals surface area contributed by atoms with Gasteiger partial charge in [-0.2, -0.15) is 0 Å². The van der Waals surface area contributed by atoms with Gasteiger partial charge < -0.3 is 5.32 Å². The third-order valence-electron chi connectivity index (χ3n) is 5.44. The molecule has 0 aromatic heterocycles. The van der Waals surface area contributed by atoms with Crippen LogP contribution in [-0.4, -0.2) is 20.9 Å². The Labute approximate surface area is 177 Å². The molecule has 0 heterocycles. The summed E-state index contributed by atoms with van der Waals surface area (Å²) in [5.41, 5.74) is 1.77. The molecule has 2 aromatic carbocycles. The molecule has 1 aliphatic carbocycles. The first-order valence-corrected chi connectivity index (χ1v) is 11.8. The number of hydrogen-bond acceptors (Lipinski definition) is 3. The lowest BCUT2D eigenvalue weighted by Gasteiger charge is -2.21. The van der Waals surface area contributed by atoms with E-state index in [-0.39, 0.29) is 17.3 Å². The predicted octanol–water partition coefficient (Wildman–Crippen LogP) is 4.44. The minimum absolute atomic E-state index is 0.0953. The van der Waals surface area contributed by atoms with Gasteiger partial charge in [0, 0.05) is 23.7 Å². The van der Waals surface area contributed by atoms with Gasteiger partial charge in [0.05, 0.1) is 4.90 Å². The van der Waals surface area contributed by atoms with E-state index >= 15 is 0 Å². The molecular formula is C22H27ClN2O3S. The van der Waals surface area contributed by atoms with Crippen molar-refractivity contribution in [2.45, 2.75) is 50.5 Å². The summed E-state index contributed by atoms with van der Waals surface area (Å²) in [4.78, 5) is 12.6. The van der Waals surface area contributed by atoms with Crippen LogP contribution in [0.15, 0.2) is 47.4 Å². The highest BCUT2D eigenvalue weighted by Crippen LogP contribution is 2.24. The van der Waals surface area contributed by atoms with Gasteiger partial charge in [-0.25, -0.2) is 13.1 Å². The Balaban J connectivity index is 1.62. The fourth-order valence-corrected chi connectivity index (χ4v) is 5.20. The summed E-state index contributed by atoms with van der Waals surface area (Å²) < 4.78 is 27.8. The summed E-state index contributed by atoms with van der Waals surface area (Å²) in [7, 11) is -3.70. The number of halogens is 1. The van der Waals surface area contributed by atoms with Crippen LogP contribution in [-0.2, 0) is 16.6 Å². The molecule has 3 rings (SSSR count). The van der Waals surface area contributed by atoms with Gasteiger partial charge in [0.15, 0.2) is 0 Å². The monoisotopic (exact) mass is 434 g/mol. The molecule has 1 aliphatic rings. The van der Waals surface area contributed by atoms with Crippen molar-refractivity contribution in [2.24, 2.45) is 5.92 Å². The predicted molar refractivity (Wildman–Crippen MR) is 116 cm³/mol. The van der Waals surface area contributed by atoms with E-state index in [1.165, 1.54) is 38.2 Å². The maximum atomic E-state index is 12.6. The smallest absolute Gasteiger partial charge is 0.251 e. The molecule has 1 fully saturated rings. The number of benzene rings is 2. The van der Waals surface area contributed by atoms with Crippen LogP contribution in [0.2, 0.25) is 5.02 Å². The fraction of sp³-hybridized carbons (Fsp3) is 0.409. The quantitative estimate of drug-likeness (QED) is 0.676. The van der Waals surface area contributed by atoms with Gasteiger partial charge >= 0.3 is 0 Å². The number of nitrogens with one attached hydrogen (secondary N) is 2. The highest BCUT2D eigenvalue weighted by atomic mass is 35.5. The number of carbonyl (C=O) groups excluding carboxylic acids is 1. The highest BCUT2D eigenvalue weighted by molar-refractivity contribution is 7.89. The first-order chi connectivity index (χ1) is 13.9. The zero-order valence-corrected chi connectivity index (χ0v) is 18.2.